The highest BCUT2D eigenvalue weighted by molar-refractivity contribution is 5.90. The van der Waals surface area contributed by atoms with Gasteiger partial charge in [0.1, 0.15) is 24.9 Å². The standard InChI is InChI=1S/C24H34O7/c1-15-12-20(31-17(3)26)24(14-29-16(2)25)19(6-5-9-23(24)13-30-23)22(15,4)10-7-18-8-11-28-21(18)27/h8,15,19-20H,5-7,9-14H2,1-4H3/t15-,19-,20+,22+,23+,24+/m1/s1. The summed E-state index contributed by atoms with van der Waals surface area (Å²) < 4.78 is 22.8. The SMILES string of the molecule is CC(=O)OC[C@@]12[C@@H](OC(C)=O)C[C@@H](C)[C@](C)(CCC3=CCOC3=O)[C@H]1CCC[C@]21CO1. The minimum Gasteiger partial charge on any atom is -0.465 e. The van der Waals surface area contributed by atoms with Crippen LogP contribution in [0.15, 0.2) is 11.6 Å². The van der Waals surface area contributed by atoms with Gasteiger partial charge in [-0.3, -0.25) is 9.59 Å². The van der Waals surface area contributed by atoms with Crippen LogP contribution in [0.4, 0.5) is 0 Å². The van der Waals surface area contributed by atoms with Gasteiger partial charge in [-0.25, -0.2) is 4.79 Å². The van der Waals surface area contributed by atoms with Gasteiger partial charge in [0.2, 0.25) is 0 Å². The number of rotatable bonds is 6. The zero-order chi connectivity index (χ0) is 22.4. The van der Waals surface area contributed by atoms with Crippen molar-refractivity contribution in [3.63, 3.8) is 0 Å². The van der Waals surface area contributed by atoms with Crippen molar-refractivity contribution < 1.29 is 33.3 Å². The van der Waals surface area contributed by atoms with E-state index in [0.717, 1.165) is 31.3 Å². The fraction of sp³-hybridized carbons (Fsp3) is 0.792. The van der Waals surface area contributed by atoms with Crippen LogP contribution in [-0.2, 0) is 33.3 Å². The van der Waals surface area contributed by atoms with Crippen LogP contribution in [0.3, 0.4) is 0 Å². The second-order valence-corrected chi connectivity index (χ2v) is 10.1. The Kier molecular flexibility index (Phi) is 5.69. The summed E-state index contributed by atoms with van der Waals surface area (Å²) in [7, 11) is 0. The van der Waals surface area contributed by atoms with Crippen LogP contribution in [0.5, 0.6) is 0 Å². The summed E-state index contributed by atoms with van der Waals surface area (Å²) in [5, 5.41) is 0. The first-order valence-electron chi connectivity index (χ1n) is 11.5. The van der Waals surface area contributed by atoms with Crippen molar-refractivity contribution in [3.8, 4) is 0 Å². The number of carbonyl (C=O) groups is 3. The minimum absolute atomic E-state index is 0.125. The molecule has 6 atom stereocenters. The first-order valence-corrected chi connectivity index (χ1v) is 11.5. The molecule has 4 aliphatic rings. The van der Waals surface area contributed by atoms with Crippen molar-refractivity contribution in [2.24, 2.45) is 22.7 Å². The molecule has 31 heavy (non-hydrogen) atoms. The average Bonchev–Trinajstić information content (AvgIpc) is 3.36. The lowest BCUT2D eigenvalue weighted by Crippen LogP contribution is -2.67. The van der Waals surface area contributed by atoms with Crippen LogP contribution in [0.2, 0.25) is 0 Å². The quantitative estimate of drug-likeness (QED) is 0.360. The van der Waals surface area contributed by atoms with Crippen LogP contribution in [0.1, 0.15) is 66.2 Å². The van der Waals surface area contributed by atoms with Gasteiger partial charge in [0, 0.05) is 19.4 Å². The topological polar surface area (TPSA) is 91.4 Å². The van der Waals surface area contributed by atoms with E-state index < -0.39 is 11.0 Å². The number of ether oxygens (including phenoxy) is 4. The van der Waals surface area contributed by atoms with Crippen LogP contribution < -0.4 is 0 Å². The zero-order valence-corrected chi connectivity index (χ0v) is 19.0. The summed E-state index contributed by atoms with van der Waals surface area (Å²) >= 11 is 0. The van der Waals surface area contributed by atoms with Gasteiger partial charge in [0.05, 0.1) is 12.0 Å². The molecule has 0 aromatic heterocycles. The number of cyclic esters (lactones) is 1. The number of fused-ring (bicyclic) bond motifs is 2. The second kappa shape index (κ2) is 7.91. The van der Waals surface area contributed by atoms with Crippen molar-refractivity contribution in [1.82, 2.24) is 0 Å². The Hall–Kier alpha value is -1.89. The summed E-state index contributed by atoms with van der Waals surface area (Å²) in [6, 6.07) is 0. The van der Waals surface area contributed by atoms with Gasteiger partial charge in [0.15, 0.2) is 0 Å². The molecule has 0 radical (unpaired) electrons. The maximum atomic E-state index is 12.1. The molecule has 0 amide bonds. The second-order valence-electron chi connectivity index (χ2n) is 10.1. The third kappa shape index (κ3) is 3.59. The maximum absolute atomic E-state index is 12.1. The molecule has 0 aromatic carbocycles. The smallest absolute Gasteiger partial charge is 0.334 e. The van der Waals surface area contributed by atoms with Crippen LogP contribution in [0, 0.1) is 22.7 Å². The summed E-state index contributed by atoms with van der Waals surface area (Å²) in [6.45, 7) is 8.50. The van der Waals surface area contributed by atoms with Gasteiger partial charge >= 0.3 is 17.9 Å². The predicted molar refractivity (Wildman–Crippen MR) is 111 cm³/mol. The molecule has 3 fully saturated rings. The Morgan fingerprint density at radius 2 is 2.00 bits per heavy atom. The first-order chi connectivity index (χ1) is 14.6. The van der Waals surface area contributed by atoms with Gasteiger partial charge in [-0.05, 0) is 55.4 Å². The molecular weight excluding hydrogens is 400 g/mol. The molecule has 4 rings (SSSR count). The Morgan fingerprint density at radius 1 is 1.26 bits per heavy atom. The number of esters is 3. The van der Waals surface area contributed by atoms with Gasteiger partial charge in [-0.2, -0.15) is 0 Å². The molecule has 2 saturated carbocycles. The van der Waals surface area contributed by atoms with E-state index in [0.29, 0.717) is 26.1 Å². The molecule has 0 unspecified atom stereocenters. The molecule has 2 aliphatic heterocycles. The van der Waals surface area contributed by atoms with Crippen LogP contribution >= 0.6 is 0 Å². The fourth-order valence-corrected chi connectivity index (χ4v) is 6.80. The highest BCUT2D eigenvalue weighted by Crippen LogP contribution is 2.69. The normalized spacial score (nSPS) is 41.2. The highest BCUT2D eigenvalue weighted by atomic mass is 16.6. The zero-order valence-electron chi connectivity index (χ0n) is 19.0. The van der Waals surface area contributed by atoms with Gasteiger partial charge in [0.25, 0.3) is 0 Å². The van der Waals surface area contributed by atoms with E-state index >= 15 is 0 Å². The minimum atomic E-state index is -0.575. The summed E-state index contributed by atoms with van der Waals surface area (Å²) in [5.74, 6) is -0.472. The van der Waals surface area contributed by atoms with E-state index in [1.54, 1.807) is 0 Å². The van der Waals surface area contributed by atoms with E-state index in [2.05, 4.69) is 13.8 Å². The lowest BCUT2D eigenvalue weighted by molar-refractivity contribution is -0.228. The number of carbonyl (C=O) groups excluding carboxylic acids is 3. The molecular formula is C24H34O7. The molecule has 1 saturated heterocycles. The first kappa shape index (κ1) is 22.3. The lowest BCUT2D eigenvalue weighted by atomic mass is 9.43. The Labute approximate surface area is 183 Å². The third-order valence-corrected chi connectivity index (χ3v) is 8.66. The molecule has 0 bridgehead atoms. The highest BCUT2D eigenvalue weighted by Gasteiger charge is 2.74. The summed E-state index contributed by atoms with van der Waals surface area (Å²) in [5.41, 5.74) is -0.374. The largest absolute Gasteiger partial charge is 0.465 e. The van der Waals surface area contributed by atoms with Crippen molar-refractivity contribution in [2.45, 2.75) is 77.9 Å². The van der Waals surface area contributed by atoms with E-state index in [9.17, 15) is 14.4 Å². The number of hydrogen-bond donors (Lipinski definition) is 0. The van der Waals surface area contributed by atoms with Crippen molar-refractivity contribution in [1.29, 1.82) is 0 Å². The maximum Gasteiger partial charge on any atom is 0.334 e. The van der Waals surface area contributed by atoms with Gasteiger partial charge in [-0.15, -0.1) is 0 Å². The fourth-order valence-electron chi connectivity index (χ4n) is 6.80. The van der Waals surface area contributed by atoms with Gasteiger partial charge in [-0.1, -0.05) is 20.3 Å². The van der Waals surface area contributed by atoms with Crippen LogP contribution in [0.25, 0.3) is 0 Å². The Morgan fingerprint density at radius 3 is 2.58 bits per heavy atom. The van der Waals surface area contributed by atoms with Crippen LogP contribution in [-0.4, -0.2) is 49.4 Å². The molecule has 2 aliphatic carbocycles. The third-order valence-electron chi connectivity index (χ3n) is 8.66. The molecule has 7 nitrogen and oxygen atoms in total. The van der Waals surface area contributed by atoms with Crippen molar-refractivity contribution in [3.05, 3.63) is 11.6 Å². The molecule has 172 valence electrons. The van der Waals surface area contributed by atoms with Crippen molar-refractivity contribution >= 4 is 17.9 Å². The van der Waals surface area contributed by atoms with Crippen molar-refractivity contribution in [2.75, 3.05) is 19.8 Å². The molecule has 1 spiro atoms. The molecule has 0 aromatic rings. The Balaban J connectivity index is 1.72. The van der Waals surface area contributed by atoms with E-state index in [1.807, 2.05) is 6.08 Å². The lowest BCUT2D eigenvalue weighted by Gasteiger charge is -2.63. The van der Waals surface area contributed by atoms with E-state index in [1.165, 1.54) is 13.8 Å². The Bertz CT molecular complexity index is 798. The van der Waals surface area contributed by atoms with E-state index in [-0.39, 0.29) is 47.9 Å². The molecule has 0 N–H and O–H groups in total. The van der Waals surface area contributed by atoms with E-state index in [4.69, 9.17) is 18.9 Å². The number of epoxide rings is 1. The van der Waals surface area contributed by atoms with Gasteiger partial charge < -0.3 is 18.9 Å². The summed E-state index contributed by atoms with van der Waals surface area (Å²) in [6.07, 6.45) is 6.53. The monoisotopic (exact) mass is 434 g/mol. The predicted octanol–water partition coefficient (Wildman–Crippen LogP) is 3.35. The average molecular weight is 435 g/mol. The molecule has 7 heteroatoms. The molecule has 2 heterocycles. The summed E-state index contributed by atoms with van der Waals surface area (Å²) in [4.78, 5) is 35.9. The number of hydrogen-bond acceptors (Lipinski definition) is 7.